The summed E-state index contributed by atoms with van der Waals surface area (Å²) in [6, 6.07) is 10.6. The van der Waals surface area contributed by atoms with Gasteiger partial charge >= 0.3 is 0 Å². The third kappa shape index (κ3) is 2.57. The topological polar surface area (TPSA) is 70.7 Å². The second-order valence-electron chi connectivity index (χ2n) is 5.68. The van der Waals surface area contributed by atoms with E-state index in [1.807, 2.05) is 32.0 Å². The zero-order chi connectivity index (χ0) is 16.6. The van der Waals surface area contributed by atoms with Crippen LogP contribution in [-0.4, -0.2) is 10.2 Å². The lowest BCUT2D eigenvalue weighted by atomic mass is 10.0. The Morgan fingerprint density at radius 2 is 1.91 bits per heavy atom. The van der Waals surface area contributed by atoms with E-state index in [1.54, 1.807) is 12.1 Å². The van der Waals surface area contributed by atoms with Gasteiger partial charge in [0.1, 0.15) is 16.7 Å². The zero-order valence-corrected chi connectivity index (χ0v) is 13.1. The molecule has 0 fully saturated rings. The Hall–Kier alpha value is -2.75. The average molecular weight is 310 g/mol. The first kappa shape index (κ1) is 15.2. The van der Waals surface area contributed by atoms with E-state index in [1.165, 1.54) is 6.07 Å². The van der Waals surface area contributed by atoms with E-state index >= 15 is 0 Å². The number of hydrogen-bond donors (Lipinski definition) is 2. The third-order valence-corrected chi connectivity index (χ3v) is 3.88. The van der Waals surface area contributed by atoms with Gasteiger partial charge in [0.15, 0.2) is 5.76 Å². The molecule has 4 heteroatoms. The van der Waals surface area contributed by atoms with E-state index in [0.717, 1.165) is 24.0 Å². The van der Waals surface area contributed by atoms with Gasteiger partial charge in [-0.15, -0.1) is 0 Å². The lowest BCUT2D eigenvalue weighted by Crippen LogP contribution is -2.04. The quantitative estimate of drug-likeness (QED) is 0.763. The fourth-order valence-electron chi connectivity index (χ4n) is 2.77. The highest BCUT2D eigenvalue weighted by Gasteiger charge is 2.19. The monoisotopic (exact) mass is 310 g/mol. The van der Waals surface area contributed by atoms with Gasteiger partial charge in [-0.1, -0.05) is 43.2 Å². The van der Waals surface area contributed by atoms with Gasteiger partial charge < -0.3 is 14.6 Å². The molecule has 1 heterocycles. The van der Waals surface area contributed by atoms with Crippen molar-refractivity contribution in [2.45, 2.75) is 26.7 Å². The highest BCUT2D eigenvalue weighted by atomic mass is 16.4. The number of aromatic hydroxyl groups is 2. The van der Waals surface area contributed by atoms with Crippen LogP contribution in [0.25, 0.3) is 22.3 Å². The summed E-state index contributed by atoms with van der Waals surface area (Å²) >= 11 is 0. The first-order valence-corrected chi connectivity index (χ1v) is 7.60. The minimum absolute atomic E-state index is 0.0323. The van der Waals surface area contributed by atoms with Crippen LogP contribution in [0.4, 0.5) is 0 Å². The normalized spacial score (nSPS) is 11.0. The third-order valence-electron chi connectivity index (χ3n) is 3.88. The fraction of sp³-hybridized carbons (Fsp3) is 0.211. The first-order valence-electron chi connectivity index (χ1n) is 7.60. The Morgan fingerprint density at radius 1 is 1.13 bits per heavy atom. The van der Waals surface area contributed by atoms with Crippen molar-refractivity contribution in [3.05, 3.63) is 57.7 Å². The maximum absolute atomic E-state index is 12.5. The molecular formula is C19H18O4. The number of rotatable bonds is 3. The largest absolute Gasteiger partial charge is 0.507 e. The number of fused-ring (bicyclic) bond motifs is 1. The van der Waals surface area contributed by atoms with E-state index in [9.17, 15) is 15.0 Å². The number of phenolic OH excluding ortho intramolecular Hbond substituents is 1. The van der Waals surface area contributed by atoms with Crippen molar-refractivity contribution < 1.29 is 14.6 Å². The summed E-state index contributed by atoms with van der Waals surface area (Å²) in [7, 11) is 0. The first-order chi connectivity index (χ1) is 11.0. The van der Waals surface area contributed by atoms with Gasteiger partial charge in [0.05, 0.1) is 0 Å². The van der Waals surface area contributed by atoms with Crippen LogP contribution in [-0.2, 0) is 6.42 Å². The second-order valence-corrected chi connectivity index (χ2v) is 5.68. The maximum atomic E-state index is 12.5. The summed E-state index contributed by atoms with van der Waals surface area (Å²) in [6.45, 7) is 3.95. The van der Waals surface area contributed by atoms with Crippen LogP contribution in [0.2, 0.25) is 0 Å². The van der Waals surface area contributed by atoms with Crippen molar-refractivity contribution in [2.75, 3.05) is 0 Å². The molecule has 0 atom stereocenters. The molecule has 2 N–H and O–H groups in total. The van der Waals surface area contributed by atoms with Gasteiger partial charge in [-0.05, 0) is 31.0 Å². The molecule has 3 aromatic rings. The van der Waals surface area contributed by atoms with Crippen molar-refractivity contribution in [3.63, 3.8) is 0 Å². The number of benzene rings is 2. The lowest BCUT2D eigenvalue weighted by molar-refractivity contribution is 0.444. The van der Waals surface area contributed by atoms with Gasteiger partial charge in [0, 0.05) is 5.56 Å². The maximum Gasteiger partial charge on any atom is 0.238 e. The summed E-state index contributed by atoms with van der Waals surface area (Å²) in [6.07, 6.45) is 1.60. The molecule has 1 aromatic heterocycles. The molecule has 0 unspecified atom stereocenters. The standard InChI is InChI=1S/C19H18O4/c1-3-5-12-8-9-14(20)15-16(21)17(22)19(23-18(12)15)13-7-4-6-11(2)10-13/h4,6-10,20,22H,3,5H2,1-2H3. The molecule has 0 aliphatic heterocycles. The van der Waals surface area contributed by atoms with Crippen LogP contribution < -0.4 is 5.43 Å². The molecule has 0 spiro atoms. The summed E-state index contributed by atoms with van der Waals surface area (Å²) in [4.78, 5) is 12.5. The van der Waals surface area contributed by atoms with Crippen molar-refractivity contribution >= 4 is 11.0 Å². The van der Waals surface area contributed by atoms with Crippen LogP contribution >= 0.6 is 0 Å². The molecule has 3 rings (SSSR count). The molecule has 2 aromatic carbocycles. The number of hydrogen-bond acceptors (Lipinski definition) is 4. The Balaban J connectivity index is 2.39. The predicted octanol–water partition coefficient (Wildman–Crippen LogP) is 4.13. The lowest BCUT2D eigenvalue weighted by Gasteiger charge is -2.10. The Morgan fingerprint density at radius 3 is 2.61 bits per heavy atom. The van der Waals surface area contributed by atoms with Crippen molar-refractivity contribution in [1.82, 2.24) is 0 Å². The Kier molecular flexibility index (Phi) is 3.82. The predicted molar refractivity (Wildman–Crippen MR) is 90.0 cm³/mol. The molecule has 118 valence electrons. The smallest absolute Gasteiger partial charge is 0.238 e. The van der Waals surface area contributed by atoms with Crippen LogP contribution in [0.1, 0.15) is 24.5 Å². The Bertz CT molecular complexity index is 938. The minimum Gasteiger partial charge on any atom is -0.507 e. The van der Waals surface area contributed by atoms with Gasteiger partial charge in [-0.25, -0.2) is 0 Å². The summed E-state index contributed by atoms with van der Waals surface area (Å²) in [5.74, 6) is -0.527. The van der Waals surface area contributed by atoms with Crippen LogP contribution in [0.5, 0.6) is 11.5 Å². The molecule has 23 heavy (non-hydrogen) atoms. The fourth-order valence-corrected chi connectivity index (χ4v) is 2.77. The highest BCUT2D eigenvalue weighted by Crippen LogP contribution is 2.34. The molecular weight excluding hydrogens is 292 g/mol. The molecule has 0 bridgehead atoms. The van der Waals surface area contributed by atoms with Crippen molar-refractivity contribution in [1.29, 1.82) is 0 Å². The molecule has 0 saturated carbocycles. The van der Waals surface area contributed by atoms with Crippen LogP contribution in [0, 0.1) is 6.92 Å². The molecule has 0 amide bonds. The van der Waals surface area contributed by atoms with Gasteiger partial charge in [0.25, 0.3) is 0 Å². The SMILES string of the molecule is CCCc1ccc(O)c2c(=O)c(O)c(-c3cccc(C)c3)oc12. The van der Waals surface area contributed by atoms with Crippen LogP contribution in [0.15, 0.2) is 45.6 Å². The van der Waals surface area contributed by atoms with Crippen molar-refractivity contribution in [3.8, 4) is 22.8 Å². The number of aryl methyl sites for hydroxylation is 2. The van der Waals surface area contributed by atoms with E-state index in [2.05, 4.69) is 0 Å². The molecule has 4 nitrogen and oxygen atoms in total. The van der Waals surface area contributed by atoms with Crippen LogP contribution in [0.3, 0.4) is 0 Å². The van der Waals surface area contributed by atoms with Crippen molar-refractivity contribution in [2.24, 2.45) is 0 Å². The van der Waals surface area contributed by atoms with E-state index in [-0.39, 0.29) is 16.9 Å². The van der Waals surface area contributed by atoms with E-state index < -0.39 is 11.2 Å². The average Bonchev–Trinajstić information content (AvgIpc) is 2.53. The van der Waals surface area contributed by atoms with Gasteiger partial charge in [0.2, 0.25) is 11.2 Å². The minimum atomic E-state index is -0.613. The van der Waals surface area contributed by atoms with Gasteiger partial charge in [-0.3, -0.25) is 4.79 Å². The summed E-state index contributed by atoms with van der Waals surface area (Å²) < 4.78 is 5.87. The second kappa shape index (κ2) is 5.80. The van der Waals surface area contributed by atoms with E-state index in [4.69, 9.17) is 4.42 Å². The molecule has 0 radical (unpaired) electrons. The molecule has 0 saturated heterocycles. The number of phenols is 1. The van der Waals surface area contributed by atoms with Gasteiger partial charge in [-0.2, -0.15) is 0 Å². The molecule has 0 aliphatic rings. The summed E-state index contributed by atoms with van der Waals surface area (Å²) in [5.41, 5.74) is 2.19. The summed E-state index contributed by atoms with van der Waals surface area (Å²) in [5, 5.41) is 20.3. The highest BCUT2D eigenvalue weighted by molar-refractivity contribution is 5.89. The Labute approximate surface area is 133 Å². The zero-order valence-electron chi connectivity index (χ0n) is 13.1. The molecule has 0 aliphatic carbocycles. The van der Waals surface area contributed by atoms with E-state index in [0.29, 0.717) is 11.1 Å².